The minimum Gasteiger partial charge on any atom is -0.370 e. The van der Waals surface area contributed by atoms with E-state index in [1.165, 1.54) is 0 Å². The molecule has 2 rings (SSSR count). The van der Waals surface area contributed by atoms with E-state index in [9.17, 15) is 0 Å². The zero-order valence-electron chi connectivity index (χ0n) is 9.39. The van der Waals surface area contributed by atoms with Gasteiger partial charge in [0.1, 0.15) is 15.9 Å². The van der Waals surface area contributed by atoms with E-state index in [1.807, 2.05) is 6.92 Å². The number of rotatable bonds is 3. The Labute approximate surface area is 105 Å². The van der Waals surface area contributed by atoms with Gasteiger partial charge < -0.3 is 4.74 Å². The highest BCUT2D eigenvalue weighted by Crippen LogP contribution is 2.43. The molecule has 1 aromatic rings. The van der Waals surface area contributed by atoms with E-state index >= 15 is 0 Å². The molecule has 0 amide bonds. The lowest BCUT2D eigenvalue weighted by Gasteiger charge is -2.38. The third-order valence-corrected chi connectivity index (χ3v) is 3.84. The summed E-state index contributed by atoms with van der Waals surface area (Å²) in [4.78, 5) is 8.63. The summed E-state index contributed by atoms with van der Waals surface area (Å²) in [7, 11) is 1.68. The van der Waals surface area contributed by atoms with Crippen LogP contribution in [0.3, 0.4) is 0 Å². The molecule has 88 valence electrons. The van der Waals surface area contributed by atoms with Gasteiger partial charge in [-0.15, -0.1) is 0 Å². The van der Waals surface area contributed by atoms with Crippen LogP contribution in [-0.2, 0) is 16.8 Å². The predicted molar refractivity (Wildman–Crippen MR) is 64.0 cm³/mol. The maximum Gasteiger partial charge on any atom is 0.163 e. The van der Waals surface area contributed by atoms with Crippen molar-refractivity contribution in [3.8, 4) is 0 Å². The Balaban J connectivity index is 2.43. The van der Waals surface area contributed by atoms with Crippen LogP contribution >= 0.6 is 23.2 Å². The van der Waals surface area contributed by atoms with Gasteiger partial charge in [0.05, 0.1) is 0 Å². The Morgan fingerprint density at radius 1 is 1.25 bits per heavy atom. The van der Waals surface area contributed by atoms with Crippen LogP contribution in [0.5, 0.6) is 0 Å². The quantitative estimate of drug-likeness (QED) is 0.782. The van der Waals surface area contributed by atoms with Crippen LogP contribution in [0.2, 0.25) is 10.3 Å². The fourth-order valence-electron chi connectivity index (χ4n) is 1.94. The fraction of sp³-hybridized carbons (Fsp3) is 0.636. The number of nitrogens with zero attached hydrogens (tertiary/aromatic N) is 2. The van der Waals surface area contributed by atoms with E-state index < -0.39 is 0 Å². The van der Waals surface area contributed by atoms with Gasteiger partial charge in [-0.1, -0.05) is 30.1 Å². The number of hydrogen-bond acceptors (Lipinski definition) is 3. The smallest absolute Gasteiger partial charge is 0.163 e. The molecule has 0 unspecified atom stereocenters. The number of hydrogen-bond donors (Lipinski definition) is 0. The SMILES string of the molecule is CCc1c(Cl)nc(C2(OC)CCC2)nc1Cl. The second-order valence-electron chi connectivity index (χ2n) is 4.01. The summed E-state index contributed by atoms with van der Waals surface area (Å²) in [6.45, 7) is 1.98. The summed E-state index contributed by atoms with van der Waals surface area (Å²) in [6.07, 6.45) is 3.73. The molecule has 0 saturated heterocycles. The van der Waals surface area contributed by atoms with Crippen molar-refractivity contribution in [3.63, 3.8) is 0 Å². The first-order chi connectivity index (χ1) is 7.63. The summed E-state index contributed by atoms with van der Waals surface area (Å²) >= 11 is 12.2. The number of ether oxygens (including phenoxy) is 1. The summed E-state index contributed by atoms with van der Waals surface area (Å²) in [6, 6.07) is 0. The van der Waals surface area contributed by atoms with Gasteiger partial charge in [-0.2, -0.15) is 0 Å². The number of aromatic nitrogens is 2. The summed E-state index contributed by atoms with van der Waals surface area (Å²) < 4.78 is 5.50. The second kappa shape index (κ2) is 4.47. The lowest BCUT2D eigenvalue weighted by atomic mass is 9.79. The van der Waals surface area contributed by atoms with Crippen molar-refractivity contribution in [1.82, 2.24) is 9.97 Å². The molecule has 1 heterocycles. The Kier molecular flexibility index (Phi) is 3.38. The molecule has 1 fully saturated rings. The molecule has 5 heteroatoms. The van der Waals surface area contributed by atoms with Gasteiger partial charge in [-0.25, -0.2) is 9.97 Å². The van der Waals surface area contributed by atoms with Crippen LogP contribution in [0.15, 0.2) is 0 Å². The van der Waals surface area contributed by atoms with Crippen molar-refractivity contribution in [2.75, 3.05) is 7.11 Å². The molecule has 0 radical (unpaired) electrons. The first-order valence-electron chi connectivity index (χ1n) is 5.40. The van der Waals surface area contributed by atoms with Crippen molar-refractivity contribution in [2.45, 2.75) is 38.2 Å². The molecule has 0 spiro atoms. The standard InChI is InChI=1S/C11H14Cl2N2O/c1-3-7-8(12)14-10(15-9(7)13)11(16-2)5-4-6-11/h3-6H2,1-2H3. The fourth-order valence-corrected chi connectivity index (χ4v) is 2.60. The lowest BCUT2D eigenvalue weighted by molar-refractivity contribution is -0.0846. The van der Waals surface area contributed by atoms with Gasteiger partial charge >= 0.3 is 0 Å². The van der Waals surface area contributed by atoms with Crippen molar-refractivity contribution in [2.24, 2.45) is 0 Å². The minimum atomic E-state index is -0.362. The molecule has 1 aromatic heterocycles. The van der Waals surface area contributed by atoms with Crippen molar-refractivity contribution in [1.29, 1.82) is 0 Å². The molecule has 0 aromatic carbocycles. The van der Waals surface area contributed by atoms with Gasteiger partial charge in [0.15, 0.2) is 5.82 Å². The van der Waals surface area contributed by atoms with Crippen LogP contribution in [0.25, 0.3) is 0 Å². The number of methoxy groups -OCH3 is 1. The molecule has 3 nitrogen and oxygen atoms in total. The van der Waals surface area contributed by atoms with E-state index in [1.54, 1.807) is 7.11 Å². The number of halogens is 2. The van der Waals surface area contributed by atoms with Gasteiger partial charge in [-0.05, 0) is 25.7 Å². The molecule has 0 atom stereocenters. The molecule has 1 aliphatic rings. The summed E-state index contributed by atoms with van der Waals surface area (Å²) in [5.41, 5.74) is 0.442. The molecular formula is C11H14Cl2N2O. The summed E-state index contributed by atoms with van der Waals surface area (Å²) in [5.74, 6) is 0.619. The molecule has 1 saturated carbocycles. The highest BCUT2D eigenvalue weighted by atomic mass is 35.5. The minimum absolute atomic E-state index is 0.362. The monoisotopic (exact) mass is 260 g/mol. The predicted octanol–water partition coefficient (Wildman–Crippen LogP) is 3.37. The Morgan fingerprint density at radius 3 is 2.12 bits per heavy atom. The molecule has 0 bridgehead atoms. The van der Waals surface area contributed by atoms with Gasteiger partial charge in [-0.3, -0.25) is 0 Å². The third-order valence-electron chi connectivity index (χ3n) is 3.22. The van der Waals surface area contributed by atoms with E-state index in [2.05, 4.69) is 9.97 Å². The zero-order chi connectivity index (χ0) is 11.8. The Bertz CT molecular complexity index is 376. The van der Waals surface area contributed by atoms with Crippen LogP contribution in [0.1, 0.15) is 37.6 Å². The average Bonchev–Trinajstić information content (AvgIpc) is 2.16. The van der Waals surface area contributed by atoms with E-state index in [4.69, 9.17) is 27.9 Å². The molecule has 0 N–H and O–H groups in total. The van der Waals surface area contributed by atoms with Crippen LogP contribution in [0.4, 0.5) is 0 Å². The van der Waals surface area contributed by atoms with Crippen molar-refractivity contribution >= 4 is 23.2 Å². The van der Waals surface area contributed by atoms with Crippen LogP contribution in [-0.4, -0.2) is 17.1 Å². The van der Waals surface area contributed by atoms with Gasteiger partial charge in [0.25, 0.3) is 0 Å². The van der Waals surface area contributed by atoms with Crippen LogP contribution < -0.4 is 0 Å². The van der Waals surface area contributed by atoms with E-state index in [-0.39, 0.29) is 5.60 Å². The molecule has 1 aliphatic carbocycles. The summed E-state index contributed by atoms with van der Waals surface area (Å²) in [5, 5.41) is 0.890. The first kappa shape index (κ1) is 12.1. The molecule has 0 aliphatic heterocycles. The van der Waals surface area contributed by atoms with Gasteiger partial charge in [0, 0.05) is 12.7 Å². The Hall–Kier alpha value is -0.380. The highest BCUT2D eigenvalue weighted by molar-refractivity contribution is 6.34. The topological polar surface area (TPSA) is 35.0 Å². The average molecular weight is 261 g/mol. The van der Waals surface area contributed by atoms with E-state index in [0.717, 1.165) is 31.2 Å². The lowest BCUT2D eigenvalue weighted by Crippen LogP contribution is -2.38. The van der Waals surface area contributed by atoms with Crippen LogP contribution in [0, 0.1) is 0 Å². The molecular weight excluding hydrogens is 247 g/mol. The normalized spacial score (nSPS) is 18.2. The largest absolute Gasteiger partial charge is 0.370 e. The zero-order valence-corrected chi connectivity index (χ0v) is 10.9. The van der Waals surface area contributed by atoms with Gasteiger partial charge in [0.2, 0.25) is 0 Å². The second-order valence-corrected chi connectivity index (χ2v) is 4.73. The highest BCUT2D eigenvalue weighted by Gasteiger charge is 2.42. The van der Waals surface area contributed by atoms with Crippen molar-refractivity contribution < 1.29 is 4.74 Å². The molecule has 16 heavy (non-hydrogen) atoms. The first-order valence-corrected chi connectivity index (χ1v) is 6.16. The van der Waals surface area contributed by atoms with E-state index in [0.29, 0.717) is 16.1 Å². The maximum atomic E-state index is 6.09. The van der Waals surface area contributed by atoms with Crippen molar-refractivity contribution in [3.05, 3.63) is 21.7 Å². The third kappa shape index (κ3) is 1.81. The maximum absolute atomic E-state index is 6.09. The Morgan fingerprint density at radius 2 is 1.81 bits per heavy atom.